The maximum atomic E-state index is 13.0. The highest BCUT2D eigenvalue weighted by atomic mass is 31.1. The molecule has 0 saturated carbocycles. The minimum absolute atomic E-state index is 0.318. The Labute approximate surface area is 144 Å². The van der Waals surface area contributed by atoms with E-state index in [4.69, 9.17) is 4.74 Å². The summed E-state index contributed by atoms with van der Waals surface area (Å²) in [5, 5.41) is 0.469. The van der Waals surface area contributed by atoms with Crippen molar-refractivity contribution in [2.75, 3.05) is 6.61 Å². The Morgan fingerprint density at radius 1 is 1.08 bits per heavy atom. The van der Waals surface area contributed by atoms with Gasteiger partial charge in [-0.2, -0.15) is 0 Å². The Morgan fingerprint density at radius 2 is 1.75 bits per heavy atom. The summed E-state index contributed by atoms with van der Waals surface area (Å²) in [7, 11) is -2.22. The van der Waals surface area contributed by atoms with Gasteiger partial charge in [0, 0.05) is 5.56 Å². The molecule has 0 saturated heterocycles. The van der Waals surface area contributed by atoms with Crippen LogP contribution in [0, 0.1) is 20.8 Å². The molecule has 0 aromatic heterocycles. The van der Waals surface area contributed by atoms with Crippen LogP contribution in [-0.2, 0) is 11.0 Å². The van der Waals surface area contributed by atoms with E-state index < -0.39 is 7.80 Å². The SMILES string of the molecule is CCOc1ccccc1[P](=O)C(=O)c1c(C)cc(C)c(CC)c1C. The highest BCUT2D eigenvalue weighted by molar-refractivity contribution is 7.71. The van der Waals surface area contributed by atoms with Gasteiger partial charge in [0.1, 0.15) is 5.75 Å². The predicted octanol–water partition coefficient (Wildman–Crippen LogP) is 4.87. The minimum Gasteiger partial charge on any atom is -0.493 e. The van der Waals surface area contributed by atoms with Crippen molar-refractivity contribution in [2.45, 2.75) is 41.0 Å². The number of para-hydroxylation sites is 1. The van der Waals surface area contributed by atoms with Crippen LogP contribution in [0.5, 0.6) is 5.75 Å². The summed E-state index contributed by atoms with van der Waals surface area (Å²) in [5.74, 6) is 0.521. The molecule has 0 aliphatic rings. The molecule has 127 valence electrons. The molecule has 1 unspecified atom stereocenters. The molecule has 0 aliphatic heterocycles. The highest BCUT2D eigenvalue weighted by Gasteiger charge is 2.25. The van der Waals surface area contributed by atoms with Gasteiger partial charge in [-0.05, 0) is 68.5 Å². The molecule has 24 heavy (non-hydrogen) atoms. The maximum absolute atomic E-state index is 13.0. The molecule has 0 fully saturated rings. The Balaban J connectivity index is 2.52. The molecule has 0 heterocycles. The second kappa shape index (κ2) is 7.72. The maximum Gasteiger partial charge on any atom is 0.247 e. The quantitative estimate of drug-likeness (QED) is 0.703. The molecule has 1 atom stereocenters. The van der Waals surface area contributed by atoms with E-state index in [1.165, 1.54) is 5.56 Å². The fourth-order valence-electron chi connectivity index (χ4n) is 3.21. The number of carbonyl (C=O) groups excluding carboxylic acids is 1. The normalized spacial score (nSPS) is 11.3. The van der Waals surface area contributed by atoms with Crippen molar-refractivity contribution in [1.29, 1.82) is 0 Å². The number of rotatable bonds is 6. The van der Waals surface area contributed by atoms with Gasteiger partial charge >= 0.3 is 0 Å². The van der Waals surface area contributed by atoms with Crippen molar-refractivity contribution in [2.24, 2.45) is 0 Å². The first-order chi connectivity index (χ1) is 11.4. The molecule has 4 heteroatoms. The molecular formula is C20H24O3P. The third-order valence-corrected chi connectivity index (χ3v) is 5.67. The topological polar surface area (TPSA) is 43.4 Å². The zero-order chi connectivity index (χ0) is 17.9. The Hall–Kier alpha value is -1.99. The number of aryl methyl sites for hydroxylation is 2. The van der Waals surface area contributed by atoms with Gasteiger partial charge in [-0.3, -0.25) is 9.36 Å². The number of carbonyl (C=O) groups is 1. The van der Waals surface area contributed by atoms with Crippen LogP contribution >= 0.6 is 7.80 Å². The smallest absolute Gasteiger partial charge is 0.247 e. The van der Waals surface area contributed by atoms with Crippen LogP contribution in [0.25, 0.3) is 0 Å². The van der Waals surface area contributed by atoms with E-state index in [0.717, 1.165) is 23.1 Å². The highest BCUT2D eigenvalue weighted by Crippen LogP contribution is 2.34. The van der Waals surface area contributed by atoms with Crippen molar-refractivity contribution in [3.05, 3.63) is 58.1 Å². The van der Waals surface area contributed by atoms with Crippen LogP contribution in [0.15, 0.2) is 30.3 Å². The van der Waals surface area contributed by atoms with Crippen molar-refractivity contribution >= 4 is 18.6 Å². The monoisotopic (exact) mass is 343 g/mol. The van der Waals surface area contributed by atoms with Crippen LogP contribution in [-0.4, -0.2) is 12.1 Å². The first-order valence-electron chi connectivity index (χ1n) is 8.25. The van der Waals surface area contributed by atoms with E-state index >= 15 is 0 Å². The van der Waals surface area contributed by atoms with E-state index in [1.54, 1.807) is 18.2 Å². The summed E-state index contributed by atoms with van der Waals surface area (Å²) in [6.07, 6.45) is 0.852. The molecule has 0 bridgehead atoms. The van der Waals surface area contributed by atoms with Gasteiger partial charge in [-0.15, -0.1) is 0 Å². The lowest BCUT2D eigenvalue weighted by Gasteiger charge is -2.16. The van der Waals surface area contributed by atoms with Gasteiger partial charge in [0.15, 0.2) is 7.80 Å². The van der Waals surface area contributed by atoms with Crippen molar-refractivity contribution in [1.82, 2.24) is 0 Å². The standard InChI is InChI=1S/C20H24O3P/c1-6-16-13(3)12-14(4)19(15(16)5)20(21)24(22)18-11-9-8-10-17(18)23-7-2/h8-12H,6-7H2,1-5H3. The van der Waals surface area contributed by atoms with Crippen LogP contribution in [0.4, 0.5) is 0 Å². The molecule has 3 nitrogen and oxygen atoms in total. The van der Waals surface area contributed by atoms with Crippen molar-refractivity contribution in [3.63, 3.8) is 0 Å². The minimum atomic E-state index is -2.22. The molecule has 2 aromatic rings. The lowest BCUT2D eigenvalue weighted by molar-refractivity contribution is 0.107. The fourth-order valence-corrected chi connectivity index (χ4v) is 4.54. The summed E-state index contributed by atoms with van der Waals surface area (Å²) in [6, 6.07) is 9.08. The van der Waals surface area contributed by atoms with Gasteiger partial charge in [0.25, 0.3) is 0 Å². The van der Waals surface area contributed by atoms with Crippen LogP contribution in [0.1, 0.15) is 46.5 Å². The zero-order valence-electron chi connectivity index (χ0n) is 15.0. The van der Waals surface area contributed by atoms with Crippen LogP contribution in [0.3, 0.4) is 0 Å². The van der Waals surface area contributed by atoms with E-state index in [9.17, 15) is 9.36 Å². The summed E-state index contributed by atoms with van der Waals surface area (Å²) >= 11 is 0. The van der Waals surface area contributed by atoms with E-state index in [2.05, 4.69) is 13.8 Å². The summed E-state index contributed by atoms with van der Waals surface area (Å²) in [6.45, 7) is 10.3. The average Bonchev–Trinajstić information content (AvgIpc) is 2.55. The van der Waals surface area contributed by atoms with Gasteiger partial charge in [0.2, 0.25) is 5.52 Å². The molecule has 0 amide bonds. The lowest BCUT2D eigenvalue weighted by Crippen LogP contribution is -2.12. The molecule has 2 aromatic carbocycles. The van der Waals surface area contributed by atoms with Crippen molar-refractivity contribution < 1.29 is 14.1 Å². The Morgan fingerprint density at radius 3 is 2.38 bits per heavy atom. The third kappa shape index (κ3) is 3.42. The third-order valence-electron chi connectivity index (χ3n) is 4.27. The van der Waals surface area contributed by atoms with Gasteiger partial charge < -0.3 is 4.74 Å². The predicted molar refractivity (Wildman–Crippen MR) is 99.2 cm³/mol. The van der Waals surface area contributed by atoms with Crippen LogP contribution in [0.2, 0.25) is 0 Å². The second-order valence-electron chi connectivity index (χ2n) is 5.84. The summed E-state index contributed by atoms with van der Waals surface area (Å²) in [5.41, 5.74) is 4.42. The zero-order valence-corrected chi connectivity index (χ0v) is 15.9. The molecule has 2 rings (SSSR count). The Kier molecular flexibility index (Phi) is 5.90. The Bertz CT molecular complexity index is 794. The van der Waals surface area contributed by atoms with Gasteiger partial charge in [-0.25, -0.2) is 0 Å². The largest absolute Gasteiger partial charge is 0.493 e. The first kappa shape index (κ1) is 18.4. The molecule has 0 spiro atoms. The van der Waals surface area contributed by atoms with Gasteiger partial charge in [-0.1, -0.05) is 25.1 Å². The number of benzene rings is 2. The number of hydrogen-bond acceptors (Lipinski definition) is 3. The molecular weight excluding hydrogens is 319 g/mol. The molecule has 0 aliphatic carbocycles. The van der Waals surface area contributed by atoms with Crippen molar-refractivity contribution in [3.8, 4) is 5.75 Å². The second-order valence-corrected chi connectivity index (χ2v) is 7.32. The summed E-state index contributed by atoms with van der Waals surface area (Å²) < 4.78 is 18.5. The fraction of sp³-hybridized carbons (Fsp3) is 0.350. The van der Waals surface area contributed by atoms with Gasteiger partial charge in [0.05, 0.1) is 11.9 Å². The van der Waals surface area contributed by atoms with E-state index in [-0.39, 0.29) is 5.52 Å². The number of hydrogen-bond donors (Lipinski definition) is 0. The average molecular weight is 343 g/mol. The van der Waals surface area contributed by atoms with Crippen LogP contribution < -0.4 is 10.0 Å². The van der Waals surface area contributed by atoms with E-state index in [1.807, 2.05) is 32.9 Å². The first-order valence-corrected chi connectivity index (χ1v) is 9.51. The van der Waals surface area contributed by atoms with E-state index in [0.29, 0.717) is 23.2 Å². The molecule has 0 N–H and O–H groups in total. The molecule has 1 radical (unpaired) electrons. The lowest BCUT2D eigenvalue weighted by atomic mass is 9.93. The summed E-state index contributed by atoms with van der Waals surface area (Å²) in [4.78, 5) is 13.0. The number of ether oxygens (including phenoxy) is 1.